The highest BCUT2D eigenvalue weighted by molar-refractivity contribution is 7.54. The molecule has 1 unspecified atom stereocenters. The molecule has 0 radical (unpaired) electrons. The first-order valence-corrected chi connectivity index (χ1v) is 8.05. The van der Waals surface area contributed by atoms with E-state index in [0.717, 1.165) is 0 Å². The van der Waals surface area contributed by atoms with E-state index >= 15 is 0 Å². The molecule has 7 nitrogen and oxygen atoms in total. The third-order valence-corrected chi connectivity index (χ3v) is 4.34. The average Bonchev–Trinajstić information content (AvgIpc) is 2.47. The van der Waals surface area contributed by atoms with E-state index in [1.807, 2.05) is 0 Å². The summed E-state index contributed by atoms with van der Waals surface area (Å²) in [4.78, 5) is 10.1. The zero-order chi connectivity index (χ0) is 15.7. The van der Waals surface area contributed by atoms with Crippen molar-refractivity contribution in [3.05, 3.63) is 46.5 Å². The Bertz CT molecular complexity index is 545. The Morgan fingerprint density at radius 2 is 2.14 bits per heavy atom. The molecule has 0 spiro atoms. The van der Waals surface area contributed by atoms with Crippen LogP contribution in [0, 0.1) is 10.1 Å². The Morgan fingerprint density at radius 3 is 2.76 bits per heavy atom. The van der Waals surface area contributed by atoms with Gasteiger partial charge in [-0.25, -0.2) is 0 Å². The summed E-state index contributed by atoms with van der Waals surface area (Å²) in [5.41, 5.74) is -0.0308. The highest BCUT2D eigenvalue weighted by Gasteiger charge is 2.19. The Balaban J connectivity index is 2.46. The summed E-state index contributed by atoms with van der Waals surface area (Å²) in [5.74, 6) is 0.397. The van der Waals surface area contributed by atoms with Gasteiger partial charge in [0.2, 0.25) is 0 Å². The second kappa shape index (κ2) is 8.56. The quantitative estimate of drug-likeness (QED) is 0.300. The number of hydrogen-bond acceptors (Lipinski definition) is 6. The van der Waals surface area contributed by atoms with Crippen molar-refractivity contribution in [1.82, 2.24) is 0 Å². The average molecular weight is 315 g/mol. The minimum absolute atomic E-state index is 0.0308. The van der Waals surface area contributed by atoms with Gasteiger partial charge in [0, 0.05) is 13.2 Å². The van der Waals surface area contributed by atoms with Crippen LogP contribution in [0.15, 0.2) is 36.4 Å². The standard InChI is InChI=1S/C13H18NO6P/c1-3-20-21(17,18-2)10-5-4-9-19-13-8-6-7-12(11-13)14(15)16/h4-8,11H,3,9-10H2,1-2H3/b5-4+. The van der Waals surface area contributed by atoms with Gasteiger partial charge in [-0.15, -0.1) is 0 Å². The SMILES string of the molecule is CCOP(=O)(C/C=C/COc1cccc([N+](=O)[O-])c1)OC. The molecule has 0 saturated heterocycles. The van der Waals surface area contributed by atoms with E-state index in [4.69, 9.17) is 13.8 Å². The molecule has 1 aromatic rings. The summed E-state index contributed by atoms with van der Waals surface area (Å²) < 4.78 is 27.2. The van der Waals surface area contributed by atoms with E-state index in [2.05, 4.69) is 0 Å². The van der Waals surface area contributed by atoms with Gasteiger partial charge in [0.1, 0.15) is 12.4 Å². The molecule has 116 valence electrons. The monoisotopic (exact) mass is 315 g/mol. The zero-order valence-corrected chi connectivity index (χ0v) is 12.8. The molecule has 0 aliphatic heterocycles. The molecule has 0 aliphatic carbocycles. The largest absolute Gasteiger partial charge is 0.489 e. The lowest BCUT2D eigenvalue weighted by atomic mass is 10.3. The van der Waals surface area contributed by atoms with Gasteiger partial charge < -0.3 is 13.8 Å². The molecule has 0 amide bonds. The van der Waals surface area contributed by atoms with Gasteiger partial charge >= 0.3 is 7.60 Å². The van der Waals surface area contributed by atoms with Crippen LogP contribution in [-0.2, 0) is 13.6 Å². The topological polar surface area (TPSA) is 87.9 Å². The molecule has 21 heavy (non-hydrogen) atoms. The Kier molecular flexibility index (Phi) is 7.08. The van der Waals surface area contributed by atoms with E-state index < -0.39 is 12.5 Å². The molecule has 0 heterocycles. The smallest absolute Gasteiger partial charge is 0.334 e. The third kappa shape index (κ3) is 6.08. The second-order valence-corrected chi connectivity index (χ2v) is 6.14. The molecular weight excluding hydrogens is 297 g/mol. The molecule has 0 N–H and O–H groups in total. The van der Waals surface area contributed by atoms with Crippen molar-refractivity contribution in [3.8, 4) is 5.75 Å². The fraction of sp³-hybridized carbons (Fsp3) is 0.385. The maximum Gasteiger partial charge on any atom is 0.334 e. The molecule has 0 saturated carbocycles. The summed E-state index contributed by atoms with van der Waals surface area (Å²) in [5, 5.41) is 10.6. The number of hydrogen-bond donors (Lipinski definition) is 0. The van der Waals surface area contributed by atoms with Crippen LogP contribution < -0.4 is 4.74 Å². The molecule has 1 aromatic carbocycles. The molecule has 0 bridgehead atoms. The van der Waals surface area contributed by atoms with E-state index in [-0.39, 0.29) is 18.5 Å². The highest BCUT2D eigenvalue weighted by Crippen LogP contribution is 2.46. The Hall–Kier alpha value is -1.69. The van der Waals surface area contributed by atoms with Gasteiger partial charge in [-0.05, 0) is 13.0 Å². The van der Waals surface area contributed by atoms with Crippen LogP contribution in [0.2, 0.25) is 0 Å². The third-order valence-electron chi connectivity index (χ3n) is 2.47. The van der Waals surface area contributed by atoms with Crippen LogP contribution in [0.1, 0.15) is 6.92 Å². The maximum absolute atomic E-state index is 11.9. The van der Waals surface area contributed by atoms with E-state index in [0.29, 0.717) is 12.4 Å². The number of allylic oxidation sites excluding steroid dienone is 1. The maximum atomic E-state index is 11.9. The first-order valence-electron chi connectivity index (χ1n) is 6.32. The van der Waals surface area contributed by atoms with Crippen LogP contribution >= 0.6 is 7.60 Å². The lowest BCUT2D eigenvalue weighted by Crippen LogP contribution is -1.97. The van der Waals surface area contributed by atoms with Crippen molar-refractivity contribution < 1.29 is 23.3 Å². The number of ether oxygens (including phenoxy) is 1. The van der Waals surface area contributed by atoms with Crippen LogP contribution in [0.25, 0.3) is 0 Å². The van der Waals surface area contributed by atoms with E-state index in [9.17, 15) is 14.7 Å². The van der Waals surface area contributed by atoms with Gasteiger partial charge in [0.15, 0.2) is 0 Å². The van der Waals surface area contributed by atoms with Gasteiger partial charge in [-0.1, -0.05) is 18.2 Å². The second-order valence-electron chi connectivity index (χ2n) is 3.93. The number of rotatable bonds is 9. The Labute approximate surface area is 123 Å². The van der Waals surface area contributed by atoms with Crippen LogP contribution in [0.4, 0.5) is 5.69 Å². The predicted octanol–water partition coefficient (Wildman–Crippen LogP) is 3.41. The zero-order valence-electron chi connectivity index (χ0n) is 11.9. The van der Waals surface area contributed by atoms with Crippen molar-refractivity contribution in [2.45, 2.75) is 6.92 Å². The van der Waals surface area contributed by atoms with Crippen LogP contribution in [-0.4, -0.2) is 31.4 Å². The van der Waals surface area contributed by atoms with Crippen molar-refractivity contribution in [1.29, 1.82) is 0 Å². The normalized spacial score (nSPS) is 14.0. The first kappa shape index (κ1) is 17.4. The fourth-order valence-electron chi connectivity index (χ4n) is 1.48. The number of nitro groups is 1. The lowest BCUT2D eigenvalue weighted by molar-refractivity contribution is -0.384. The lowest BCUT2D eigenvalue weighted by Gasteiger charge is -2.12. The van der Waals surface area contributed by atoms with Crippen molar-refractivity contribution in [2.24, 2.45) is 0 Å². The number of benzene rings is 1. The number of nitro benzene ring substituents is 1. The molecule has 8 heteroatoms. The van der Waals surface area contributed by atoms with Crippen molar-refractivity contribution >= 4 is 13.3 Å². The van der Waals surface area contributed by atoms with Crippen molar-refractivity contribution in [3.63, 3.8) is 0 Å². The minimum Gasteiger partial charge on any atom is -0.489 e. The number of non-ortho nitro benzene ring substituents is 1. The van der Waals surface area contributed by atoms with E-state index in [1.165, 1.54) is 19.2 Å². The summed E-state index contributed by atoms with van der Waals surface area (Å²) in [6.07, 6.45) is 3.44. The summed E-state index contributed by atoms with van der Waals surface area (Å²) in [7, 11) is -1.73. The summed E-state index contributed by atoms with van der Waals surface area (Å²) in [6.45, 7) is 2.25. The van der Waals surface area contributed by atoms with Crippen molar-refractivity contribution in [2.75, 3.05) is 26.5 Å². The van der Waals surface area contributed by atoms with Gasteiger partial charge in [-0.3, -0.25) is 14.7 Å². The Morgan fingerprint density at radius 1 is 1.38 bits per heavy atom. The molecule has 1 rings (SSSR count). The molecule has 0 fully saturated rings. The highest BCUT2D eigenvalue weighted by atomic mass is 31.2. The number of nitrogens with zero attached hydrogens (tertiary/aromatic N) is 1. The molecule has 0 aliphatic rings. The molecule has 1 atom stereocenters. The first-order chi connectivity index (χ1) is 10.0. The fourth-order valence-corrected chi connectivity index (χ4v) is 2.64. The minimum atomic E-state index is -3.06. The van der Waals surface area contributed by atoms with Gasteiger partial charge in [0.25, 0.3) is 5.69 Å². The van der Waals surface area contributed by atoms with Gasteiger partial charge in [0.05, 0.1) is 23.8 Å². The molecule has 0 aromatic heterocycles. The molecular formula is C13H18NO6P. The summed E-state index contributed by atoms with van der Waals surface area (Å²) >= 11 is 0. The van der Waals surface area contributed by atoms with Crippen LogP contribution in [0.3, 0.4) is 0 Å². The predicted molar refractivity (Wildman–Crippen MR) is 78.8 cm³/mol. The van der Waals surface area contributed by atoms with Crippen LogP contribution in [0.5, 0.6) is 5.75 Å². The summed E-state index contributed by atoms with van der Waals surface area (Å²) in [6, 6.07) is 5.90. The van der Waals surface area contributed by atoms with E-state index in [1.54, 1.807) is 31.2 Å². The van der Waals surface area contributed by atoms with Gasteiger partial charge in [-0.2, -0.15) is 0 Å².